The van der Waals surface area contributed by atoms with Crippen molar-refractivity contribution in [2.24, 2.45) is 5.92 Å². The molecule has 1 aliphatic heterocycles. The van der Waals surface area contributed by atoms with Gasteiger partial charge in [-0.3, -0.25) is 9.65 Å². The first-order valence-corrected chi connectivity index (χ1v) is 8.78. The van der Waals surface area contributed by atoms with Gasteiger partial charge in [0, 0.05) is 18.8 Å². The predicted octanol–water partition coefficient (Wildman–Crippen LogP) is 1.52. The molecule has 100 valence electrons. The molecule has 0 aromatic carbocycles. The molecule has 0 aliphatic carbocycles. The summed E-state index contributed by atoms with van der Waals surface area (Å²) < 4.78 is 16.8. The molecule has 0 aromatic heterocycles. The molecule has 1 unspecified atom stereocenters. The number of nitrogens with zero attached hydrogens (tertiary/aromatic N) is 1. The first kappa shape index (κ1) is 14.8. The number of ether oxygens (including phenoxy) is 1. The number of amides is 2. The second kappa shape index (κ2) is 6.64. The van der Waals surface area contributed by atoms with E-state index in [0.717, 1.165) is 11.4 Å². The summed E-state index contributed by atoms with van der Waals surface area (Å²) in [6.45, 7) is 2.14. The van der Waals surface area contributed by atoms with Gasteiger partial charge in [0.2, 0.25) is 0 Å². The van der Waals surface area contributed by atoms with Crippen molar-refractivity contribution in [2.75, 3.05) is 32.1 Å². The van der Waals surface area contributed by atoms with E-state index in [1.54, 1.807) is 0 Å². The molecule has 1 rings (SSSR count). The number of rotatable bonds is 4. The molecular weight excluding hydrogens is 263 g/mol. The minimum Gasteiger partial charge on any atom is -0.378 e. The Morgan fingerprint density at radius 1 is 1.53 bits per heavy atom. The van der Waals surface area contributed by atoms with Gasteiger partial charge in [-0.1, -0.05) is 13.8 Å². The molecule has 0 aromatic rings. The van der Waals surface area contributed by atoms with E-state index < -0.39 is 12.8 Å². The highest BCUT2D eigenvalue weighted by Gasteiger charge is 2.26. The zero-order valence-corrected chi connectivity index (χ0v) is 11.8. The van der Waals surface area contributed by atoms with E-state index in [4.69, 9.17) is 4.74 Å². The fraction of sp³-hybridized carbons (Fsp3) is 0.889. The van der Waals surface area contributed by atoms with Gasteiger partial charge in [0.05, 0.1) is 13.2 Å². The number of carbonyl (C=O) groups is 1. The number of hydrogen-bond donors (Lipinski definition) is 2. The number of morpholine rings is 1. The van der Waals surface area contributed by atoms with Crippen LogP contribution < -0.4 is 5.09 Å². The highest BCUT2D eigenvalue weighted by Crippen LogP contribution is 2.51. The van der Waals surface area contributed by atoms with Crippen molar-refractivity contribution in [1.82, 2.24) is 9.99 Å². The van der Waals surface area contributed by atoms with Crippen molar-refractivity contribution < 1.29 is 19.0 Å². The van der Waals surface area contributed by atoms with E-state index in [0.29, 0.717) is 38.0 Å². The molecule has 0 radical (unpaired) electrons. The fourth-order valence-electron chi connectivity index (χ4n) is 1.24. The average molecular weight is 282 g/mol. The first-order valence-electron chi connectivity index (χ1n) is 5.53. The highest BCUT2D eigenvalue weighted by atomic mass is 32.7. The Kier molecular flexibility index (Phi) is 5.79. The van der Waals surface area contributed by atoms with Crippen molar-refractivity contribution in [3.05, 3.63) is 0 Å². The summed E-state index contributed by atoms with van der Waals surface area (Å²) in [4.78, 5) is 22.8. The van der Waals surface area contributed by atoms with Crippen LogP contribution in [0, 0.1) is 5.92 Å². The van der Waals surface area contributed by atoms with E-state index in [2.05, 4.69) is 5.09 Å². The Balaban J connectivity index is 2.40. The summed E-state index contributed by atoms with van der Waals surface area (Å²) in [5, 5.41) is 2.19. The topological polar surface area (TPSA) is 78.9 Å². The number of nitrogens with one attached hydrogen (secondary N) is 1. The molecule has 6 nitrogen and oxygen atoms in total. The van der Waals surface area contributed by atoms with E-state index in [1.165, 1.54) is 4.90 Å². The van der Waals surface area contributed by atoms with Crippen molar-refractivity contribution in [2.45, 2.75) is 13.8 Å². The summed E-state index contributed by atoms with van der Waals surface area (Å²) in [6.07, 6.45) is 0. The molecule has 1 aliphatic rings. The normalized spacial score (nSPS) is 20.1. The van der Waals surface area contributed by atoms with Gasteiger partial charge in [-0.15, -0.1) is 0 Å². The van der Waals surface area contributed by atoms with Crippen molar-refractivity contribution >= 4 is 24.1 Å². The molecular formula is C9H19N2O4PS. The third kappa shape index (κ3) is 5.77. The third-order valence-electron chi connectivity index (χ3n) is 2.12. The van der Waals surface area contributed by atoms with Crippen LogP contribution >= 0.6 is 18.1 Å². The quantitative estimate of drug-likeness (QED) is 0.764. The second-order valence-corrected chi connectivity index (χ2v) is 8.34. The summed E-state index contributed by atoms with van der Waals surface area (Å²) in [5.41, 5.74) is 0. The Hall–Kier alpha value is -0.230. The zero-order valence-electron chi connectivity index (χ0n) is 10.1. The largest absolute Gasteiger partial charge is 0.378 e. The molecule has 1 saturated heterocycles. The molecule has 17 heavy (non-hydrogen) atoms. The van der Waals surface area contributed by atoms with Gasteiger partial charge in [-0.2, -0.15) is 0 Å². The van der Waals surface area contributed by atoms with Crippen LogP contribution in [-0.2, 0) is 9.30 Å². The molecule has 1 heterocycles. The maximum Gasteiger partial charge on any atom is 0.352 e. The lowest BCUT2D eigenvalue weighted by Gasteiger charge is -2.27. The minimum absolute atomic E-state index is 0.306. The average Bonchev–Trinajstić information content (AvgIpc) is 2.27. The van der Waals surface area contributed by atoms with Crippen molar-refractivity contribution in [3.63, 3.8) is 0 Å². The van der Waals surface area contributed by atoms with E-state index in [1.807, 2.05) is 13.8 Å². The molecule has 2 N–H and O–H groups in total. The lowest BCUT2D eigenvalue weighted by atomic mass is 10.3. The van der Waals surface area contributed by atoms with Crippen LogP contribution in [0.15, 0.2) is 0 Å². The Morgan fingerprint density at radius 3 is 2.65 bits per heavy atom. The number of hydrogen-bond acceptors (Lipinski definition) is 4. The Bertz CT molecular complexity index is 307. The van der Waals surface area contributed by atoms with Gasteiger partial charge in [0.1, 0.15) is 0 Å². The monoisotopic (exact) mass is 282 g/mol. The molecule has 0 bridgehead atoms. The molecule has 1 atom stereocenters. The van der Waals surface area contributed by atoms with Crippen LogP contribution in [0.5, 0.6) is 0 Å². The maximum atomic E-state index is 11.7. The lowest BCUT2D eigenvalue weighted by Crippen LogP contribution is -2.44. The summed E-state index contributed by atoms with van der Waals surface area (Å²) in [6, 6.07) is -0.490. The van der Waals surface area contributed by atoms with Gasteiger partial charge in [-0.05, 0) is 17.3 Å². The van der Waals surface area contributed by atoms with Gasteiger partial charge < -0.3 is 14.5 Å². The fourth-order valence-corrected chi connectivity index (χ4v) is 4.12. The van der Waals surface area contributed by atoms with Crippen LogP contribution in [-0.4, -0.2) is 47.9 Å². The third-order valence-corrected chi connectivity index (χ3v) is 5.53. The predicted molar refractivity (Wildman–Crippen MR) is 68.0 cm³/mol. The van der Waals surface area contributed by atoms with Crippen LogP contribution in [0.3, 0.4) is 0 Å². The first-order chi connectivity index (χ1) is 7.91. The molecule has 0 spiro atoms. The molecule has 2 amide bonds. The lowest BCUT2D eigenvalue weighted by molar-refractivity contribution is 0.0544. The smallest absolute Gasteiger partial charge is 0.352 e. The standard InChI is InChI=1S/C9H19N2O4PS/c1-8(2)7-17-16(13,14)10-9(12)11-3-5-15-6-4-11/h8H,3-7H2,1-2H3,(H2,10,12,13,14). The molecule has 8 heteroatoms. The zero-order chi connectivity index (χ0) is 12.9. The summed E-state index contributed by atoms with van der Waals surface area (Å²) in [5.74, 6) is 0.845. The van der Waals surface area contributed by atoms with E-state index in [9.17, 15) is 14.3 Å². The van der Waals surface area contributed by atoms with Crippen LogP contribution in [0.4, 0.5) is 4.79 Å². The van der Waals surface area contributed by atoms with Gasteiger partial charge in [-0.25, -0.2) is 4.79 Å². The summed E-state index contributed by atoms with van der Waals surface area (Å²) in [7, 11) is 0. The van der Waals surface area contributed by atoms with Crippen molar-refractivity contribution in [1.29, 1.82) is 0 Å². The van der Waals surface area contributed by atoms with Crippen molar-refractivity contribution in [3.8, 4) is 0 Å². The summed E-state index contributed by atoms with van der Waals surface area (Å²) >= 11 is 0.900. The minimum atomic E-state index is -3.63. The van der Waals surface area contributed by atoms with Gasteiger partial charge in [0.25, 0.3) is 0 Å². The Labute approximate surface area is 105 Å². The second-order valence-electron chi connectivity index (χ2n) is 4.23. The number of urea groups is 1. The van der Waals surface area contributed by atoms with Crippen LogP contribution in [0.25, 0.3) is 0 Å². The van der Waals surface area contributed by atoms with E-state index >= 15 is 0 Å². The van der Waals surface area contributed by atoms with Gasteiger partial charge >= 0.3 is 12.8 Å². The maximum absolute atomic E-state index is 11.7. The molecule has 1 fully saturated rings. The van der Waals surface area contributed by atoms with E-state index in [-0.39, 0.29) is 0 Å². The van der Waals surface area contributed by atoms with Crippen LogP contribution in [0.1, 0.15) is 13.8 Å². The molecule has 0 saturated carbocycles. The SMILES string of the molecule is CC(C)CSP(=O)(O)NC(=O)N1CCOCC1. The van der Waals surface area contributed by atoms with Crippen LogP contribution in [0.2, 0.25) is 0 Å². The van der Waals surface area contributed by atoms with Gasteiger partial charge in [0.15, 0.2) is 0 Å². The number of carbonyl (C=O) groups excluding carboxylic acids is 1. The highest BCUT2D eigenvalue weighted by molar-refractivity contribution is 8.55. The Morgan fingerprint density at radius 2 is 2.12 bits per heavy atom.